The molecule has 0 radical (unpaired) electrons. The van der Waals surface area contributed by atoms with E-state index < -0.39 is 18.0 Å². The molecule has 2 atom stereocenters. The van der Waals surface area contributed by atoms with Gasteiger partial charge in [0, 0.05) is 6.42 Å². The van der Waals surface area contributed by atoms with Gasteiger partial charge in [-0.1, -0.05) is 42.5 Å². The zero-order valence-electron chi connectivity index (χ0n) is 17.9. The van der Waals surface area contributed by atoms with Crippen molar-refractivity contribution >= 4 is 17.3 Å². The first-order valence-corrected chi connectivity index (χ1v) is 11.3. The standard InChI is InChI=1S/C24H23FN2O5S/c1-2-30-24(29)22-21(31-13-16-6-4-3-5-7-16)20(28)18(14-32-22)23-27-26-19(33-23)12-15-8-10-17(25)11-9-15/h3-11,18,20,28H,2,12-14H2,1H3. The van der Waals surface area contributed by atoms with Crippen molar-refractivity contribution in [2.45, 2.75) is 32.0 Å². The number of benzene rings is 2. The number of carbonyl (C=O) groups is 1. The highest BCUT2D eigenvalue weighted by atomic mass is 32.1. The summed E-state index contributed by atoms with van der Waals surface area (Å²) in [6, 6.07) is 15.6. The molecule has 2 unspecified atom stereocenters. The Morgan fingerprint density at radius 3 is 2.64 bits per heavy atom. The fourth-order valence-electron chi connectivity index (χ4n) is 3.37. The van der Waals surface area contributed by atoms with Crippen LogP contribution in [0.2, 0.25) is 0 Å². The van der Waals surface area contributed by atoms with Crippen molar-refractivity contribution in [3.8, 4) is 0 Å². The molecule has 1 aromatic heterocycles. The van der Waals surface area contributed by atoms with Crippen LogP contribution in [0.25, 0.3) is 0 Å². The first-order chi connectivity index (χ1) is 16.0. The number of esters is 1. The van der Waals surface area contributed by atoms with Gasteiger partial charge >= 0.3 is 5.97 Å². The summed E-state index contributed by atoms with van der Waals surface area (Å²) in [4.78, 5) is 12.4. The molecule has 1 aliphatic rings. The lowest BCUT2D eigenvalue weighted by Gasteiger charge is -2.30. The Labute approximate surface area is 194 Å². The summed E-state index contributed by atoms with van der Waals surface area (Å²) < 4.78 is 29.8. The summed E-state index contributed by atoms with van der Waals surface area (Å²) >= 11 is 1.33. The summed E-state index contributed by atoms with van der Waals surface area (Å²) in [5.41, 5.74) is 1.77. The van der Waals surface area contributed by atoms with Gasteiger partial charge in [-0.2, -0.15) is 0 Å². The SMILES string of the molecule is CCOC(=O)C1=C(OCc2ccccc2)C(O)C(c2nnc(Cc3ccc(F)cc3)s2)CO1. The van der Waals surface area contributed by atoms with Crippen LogP contribution in [0.5, 0.6) is 0 Å². The normalized spacial score (nSPS) is 18.0. The lowest BCUT2D eigenvalue weighted by Crippen LogP contribution is -2.34. The van der Waals surface area contributed by atoms with Crippen LogP contribution in [0.1, 0.15) is 34.0 Å². The van der Waals surface area contributed by atoms with Crippen LogP contribution in [-0.2, 0) is 32.0 Å². The molecule has 172 valence electrons. The minimum atomic E-state index is -1.16. The van der Waals surface area contributed by atoms with Gasteiger partial charge in [0.2, 0.25) is 5.76 Å². The molecule has 0 spiro atoms. The molecule has 0 amide bonds. The van der Waals surface area contributed by atoms with Gasteiger partial charge in [0.1, 0.15) is 35.2 Å². The van der Waals surface area contributed by atoms with Gasteiger partial charge < -0.3 is 19.3 Å². The summed E-state index contributed by atoms with van der Waals surface area (Å²) in [5.74, 6) is -1.66. The quantitative estimate of drug-likeness (QED) is 0.502. The number of rotatable bonds is 8. The average molecular weight is 471 g/mol. The van der Waals surface area contributed by atoms with Gasteiger partial charge in [0.15, 0.2) is 5.76 Å². The molecule has 4 rings (SSSR count). The maximum Gasteiger partial charge on any atom is 0.377 e. The van der Waals surface area contributed by atoms with Crippen LogP contribution in [0, 0.1) is 5.82 Å². The third-order valence-electron chi connectivity index (χ3n) is 5.05. The fourth-order valence-corrected chi connectivity index (χ4v) is 4.36. The summed E-state index contributed by atoms with van der Waals surface area (Å²) in [6.07, 6.45) is -0.670. The number of nitrogens with zero attached hydrogens (tertiary/aromatic N) is 2. The number of ether oxygens (including phenoxy) is 3. The Morgan fingerprint density at radius 1 is 1.15 bits per heavy atom. The number of halogens is 1. The number of hydrogen-bond acceptors (Lipinski definition) is 8. The molecule has 33 heavy (non-hydrogen) atoms. The van der Waals surface area contributed by atoms with Crippen LogP contribution in [0.4, 0.5) is 4.39 Å². The monoisotopic (exact) mass is 470 g/mol. The van der Waals surface area contributed by atoms with Crippen molar-refractivity contribution in [3.05, 3.63) is 93.1 Å². The summed E-state index contributed by atoms with van der Waals surface area (Å²) in [7, 11) is 0. The second-order valence-corrected chi connectivity index (χ2v) is 8.48. The Morgan fingerprint density at radius 2 is 1.91 bits per heavy atom. The summed E-state index contributed by atoms with van der Waals surface area (Å²) in [5, 5.41) is 20.8. The third kappa shape index (κ3) is 5.55. The van der Waals surface area contributed by atoms with Crippen LogP contribution >= 0.6 is 11.3 Å². The Hall–Kier alpha value is -3.30. The van der Waals surface area contributed by atoms with Crippen molar-refractivity contribution < 1.29 is 28.5 Å². The Balaban J connectivity index is 1.53. The Kier molecular flexibility index (Phi) is 7.31. The molecule has 7 nitrogen and oxygen atoms in total. The van der Waals surface area contributed by atoms with E-state index >= 15 is 0 Å². The largest absolute Gasteiger partial charge is 0.486 e. The number of aliphatic hydroxyl groups is 1. The minimum Gasteiger partial charge on any atom is -0.486 e. The van der Waals surface area contributed by atoms with Gasteiger partial charge in [-0.25, -0.2) is 9.18 Å². The molecule has 2 heterocycles. The lowest BCUT2D eigenvalue weighted by molar-refractivity contribution is -0.145. The number of aliphatic hydroxyl groups excluding tert-OH is 1. The number of aromatic nitrogens is 2. The highest BCUT2D eigenvalue weighted by Crippen LogP contribution is 2.35. The van der Waals surface area contributed by atoms with Crippen molar-refractivity contribution in [3.63, 3.8) is 0 Å². The molecule has 1 aliphatic heterocycles. The topological polar surface area (TPSA) is 90.8 Å². The zero-order chi connectivity index (χ0) is 23.2. The molecule has 0 fully saturated rings. The molecule has 0 aliphatic carbocycles. The van der Waals surface area contributed by atoms with E-state index in [1.165, 1.54) is 23.5 Å². The third-order valence-corrected chi connectivity index (χ3v) is 6.10. The smallest absolute Gasteiger partial charge is 0.377 e. The maximum atomic E-state index is 13.1. The number of hydrogen-bond donors (Lipinski definition) is 1. The van der Waals surface area contributed by atoms with Gasteiger partial charge in [0.25, 0.3) is 0 Å². The van der Waals surface area contributed by atoms with Gasteiger partial charge in [-0.15, -0.1) is 21.5 Å². The molecule has 9 heteroatoms. The molecule has 1 N–H and O–H groups in total. The fraction of sp³-hybridized carbons (Fsp3) is 0.292. The number of carbonyl (C=O) groups excluding carboxylic acids is 1. The van der Waals surface area contributed by atoms with Crippen LogP contribution in [0.3, 0.4) is 0 Å². The second kappa shape index (κ2) is 10.5. The molecular weight excluding hydrogens is 447 g/mol. The predicted octanol–water partition coefficient (Wildman–Crippen LogP) is 3.73. The molecule has 0 bridgehead atoms. The van der Waals surface area contributed by atoms with Gasteiger partial charge in [-0.3, -0.25) is 0 Å². The van der Waals surface area contributed by atoms with E-state index in [9.17, 15) is 14.3 Å². The van der Waals surface area contributed by atoms with Gasteiger partial charge in [-0.05, 0) is 30.2 Å². The maximum absolute atomic E-state index is 13.1. The van der Waals surface area contributed by atoms with E-state index in [4.69, 9.17) is 14.2 Å². The average Bonchev–Trinajstić information content (AvgIpc) is 3.28. The minimum absolute atomic E-state index is 0.0174. The molecule has 0 saturated carbocycles. The van der Waals surface area contributed by atoms with E-state index in [-0.39, 0.29) is 37.2 Å². The highest BCUT2D eigenvalue weighted by Gasteiger charge is 2.39. The zero-order valence-corrected chi connectivity index (χ0v) is 18.8. The summed E-state index contributed by atoms with van der Waals surface area (Å²) in [6.45, 7) is 2.03. The van der Waals surface area contributed by atoms with Gasteiger partial charge in [0.05, 0.1) is 12.5 Å². The second-order valence-electron chi connectivity index (χ2n) is 7.39. The van der Waals surface area contributed by atoms with E-state index in [1.807, 2.05) is 30.3 Å². The van der Waals surface area contributed by atoms with Crippen molar-refractivity contribution in [1.82, 2.24) is 10.2 Å². The molecule has 3 aromatic rings. The van der Waals surface area contributed by atoms with Crippen molar-refractivity contribution in [2.24, 2.45) is 0 Å². The van der Waals surface area contributed by atoms with Crippen molar-refractivity contribution in [1.29, 1.82) is 0 Å². The predicted molar refractivity (Wildman–Crippen MR) is 119 cm³/mol. The molecular formula is C24H23FN2O5S. The first kappa shape index (κ1) is 22.9. The first-order valence-electron chi connectivity index (χ1n) is 10.5. The Bertz CT molecular complexity index is 1120. The van der Waals surface area contributed by atoms with E-state index in [2.05, 4.69) is 10.2 Å². The van der Waals surface area contributed by atoms with Crippen LogP contribution in [0.15, 0.2) is 66.1 Å². The van der Waals surface area contributed by atoms with E-state index in [0.717, 1.165) is 16.1 Å². The molecule has 0 saturated heterocycles. The lowest BCUT2D eigenvalue weighted by atomic mass is 9.99. The highest BCUT2D eigenvalue weighted by molar-refractivity contribution is 7.11. The van der Waals surface area contributed by atoms with E-state index in [0.29, 0.717) is 11.4 Å². The van der Waals surface area contributed by atoms with Crippen LogP contribution < -0.4 is 0 Å². The van der Waals surface area contributed by atoms with Crippen LogP contribution in [-0.4, -0.2) is 40.6 Å². The van der Waals surface area contributed by atoms with E-state index in [1.54, 1.807) is 19.1 Å². The van der Waals surface area contributed by atoms with Crippen molar-refractivity contribution in [2.75, 3.05) is 13.2 Å². The molecule has 2 aromatic carbocycles.